The number of hydrogen-bond acceptors (Lipinski definition) is 1. The van der Waals surface area contributed by atoms with Crippen molar-refractivity contribution in [2.24, 2.45) is 5.41 Å². The molecule has 0 bridgehead atoms. The van der Waals surface area contributed by atoms with Crippen molar-refractivity contribution in [3.63, 3.8) is 0 Å². The van der Waals surface area contributed by atoms with Crippen LogP contribution in [0.1, 0.15) is 45.1 Å². The first-order chi connectivity index (χ1) is 9.01. The normalized spacial score (nSPS) is 20.1. The van der Waals surface area contributed by atoms with Gasteiger partial charge in [-0.05, 0) is 43.0 Å². The number of halogens is 2. The molecule has 106 valence electrons. The van der Waals surface area contributed by atoms with E-state index in [-0.39, 0.29) is 5.41 Å². The van der Waals surface area contributed by atoms with E-state index in [2.05, 4.69) is 31.3 Å². The van der Waals surface area contributed by atoms with Gasteiger partial charge in [0.15, 0.2) is 0 Å². The van der Waals surface area contributed by atoms with E-state index < -0.39 is 0 Å². The zero-order chi connectivity index (χ0) is 14.1. The molecular formula is C16H23Cl2N. The third kappa shape index (κ3) is 2.66. The highest BCUT2D eigenvalue weighted by molar-refractivity contribution is 6.42. The van der Waals surface area contributed by atoms with Gasteiger partial charge in [-0.3, -0.25) is 0 Å². The van der Waals surface area contributed by atoms with Gasteiger partial charge in [-0.2, -0.15) is 0 Å². The fourth-order valence-corrected chi connectivity index (χ4v) is 4.03. The lowest BCUT2D eigenvalue weighted by Gasteiger charge is -2.57. The summed E-state index contributed by atoms with van der Waals surface area (Å²) in [6.45, 7) is 5.62. The second-order valence-corrected chi connectivity index (χ2v) is 6.81. The van der Waals surface area contributed by atoms with Crippen LogP contribution in [0.3, 0.4) is 0 Å². The summed E-state index contributed by atoms with van der Waals surface area (Å²) in [5.74, 6) is 0. The average Bonchev–Trinajstić information content (AvgIpc) is 2.37. The summed E-state index contributed by atoms with van der Waals surface area (Å²) >= 11 is 12.2. The highest BCUT2D eigenvalue weighted by Crippen LogP contribution is 2.59. The maximum absolute atomic E-state index is 6.19. The molecule has 0 unspecified atom stereocenters. The summed E-state index contributed by atoms with van der Waals surface area (Å²) in [6, 6.07) is 6.12. The van der Waals surface area contributed by atoms with Gasteiger partial charge in [-0.25, -0.2) is 0 Å². The van der Waals surface area contributed by atoms with Crippen LogP contribution in [-0.2, 0) is 5.41 Å². The molecule has 1 fully saturated rings. The first kappa shape index (κ1) is 15.2. The van der Waals surface area contributed by atoms with Crippen molar-refractivity contribution in [1.29, 1.82) is 0 Å². The average molecular weight is 300 g/mol. The summed E-state index contributed by atoms with van der Waals surface area (Å²) < 4.78 is 0. The number of likely N-dealkylation sites (N-methyl/N-ethyl adjacent to an activating group) is 1. The molecule has 0 heterocycles. The third-order valence-corrected chi connectivity index (χ3v) is 5.71. The SMILES string of the molecule is CCC1(CC)CC(CNC)(c2ccc(Cl)c(Cl)c2)C1. The summed E-state index contributed by atoms with van der Waals surface area (Å²) in [7, 11) is 2.02. The van der Waals surface area contributed by atoms with Crippen molar-refractivity contribution < 1.29 is 0 Å². The molecule has 1 nitrogen and oxygen atoms in total. The standard InChI is InChI=1S/C16H23Cl2N/c1-4-15(5-2)9-16(10-15,11-19-3)12-6-7-13(17)14(18)8-12/h6-8,19H,4-5,9-11H2,1-3H3. The van der Waals surface area contributed by atoms with Crippen LogP contribution in [0.2, 0.25) is 10.0 Å². The topological polar surface area (TPSA) is 12.0 Å². The van der Waals surface area contributed by atoms with Gasteiger partial charge in [-0.15, -0.1) is 0 Å². The van der Waals surface area contributed by atoms with E-state index >= 15 is 0 Å². The van der Waals surface area contributed by atoms with Crippen LogP contribution in [0.15, 0.2) is 18.2 Å². The van der Waals surface area contributed by atoms with E-state index in [0.29, 0.717) is 15.5 Å². The fourth-order valence-electron chi connectivity index (χ4n) is 3.73. The largest absolute Gasteiger partial charge is 0.319 e. The van der Waals surface area contributed by atoms with E-state index in [1.807, 2.05) is 13.1 Å². The minimum Gasteiger partial charge on any atom is -0.319 e. The number of nitrogens with one attached hydrogen (secondary N) is 1. The van der Waals surface area contributed by atoms with E-state index in [1.54, 1.807) is 0 Å². The molecule has 1 aliphatic carbocycles. The first-order valence-electron chi connectivity index (χ1n) is 7.11. The van der Waals surface area contributed by atoms with Gasteiger partial charge in [0.2, 0.25) is 0 Å². The molecule has 1 aliphatic rings. The Morgan fingerprint density at radius 1 is 1.11 bits per heavy atom. The molecule has 0 aromatic heterocycles. The van der Waals surface area contributed by atoms with Gasteiger partial charge >= 0.3 is 0 Å². The maximum Gasteiger partial charge on any atom is 0.0595 e. The first-order valence-corrected chi connectivity index (χ1v) is 7.86. The number of benzene rings is 1. The lowest BCUT2D eigenvalue weighted by molar-refractivity contribution is 0.0140. The Hall–Kier alpha value is -0.240. The highest BCUT2D eigenvalue weighted by Gasteiger charge is 2.52. The van der Waals surface area contributed by atoms with Crippen LogP contribution >= 0.6 is 23.2 Å². The number of rotatable bonds is 5. The zero-order valence-corrected chi connectivity index (χ0v) is 13.5. The highest BCUT2D eigenvalue weighted by atomic mass is 35.5. The van der Waals surface area contributed by atoms with Gasteiger partial charge in [0.1, 0.15) is 0 Å². The summed E-state index contributed by atoms with van der Waals surface area (Å²) in [5.41, 5.74) is 2.08. The quantitative estimate of drug-likeness (QED) is 0.802. The molecule has 1 saturated carbocycles. The lowest BCUT2D eigenvalue weighted by atomic mass is 9.48. The van der Waals surface area contributed by atoms with E-state index in [1.165, 1.54) is 31.2 Å². The Balaban J connectivity index is 2.29. The maximum atomic E-state index is 6.19. The number of hydrogen-bond donors (Lipinski definition) is 1. The van der Waals surface area contributed by atoms with Crippen LogP contribution < -0.4 is 5.32 Å². The Morgan fingerprint density at radius 2 is 1.74 bits per heavy atom. The zero-order valence-electron chi connectivity index (χ0n) is 12.0. The Kier molecular flexibility index (Phi) is 4.49. The third-order valence-electron chi connectivity index (χ3n) is 4.97. The molecule has 1 aromatic carbocycles. The van der Waals surface area contributed by atoms with Crippen LogP contribution in [0.25, 0.3) is 0 Å². The minimum atomic E-state index is 0.231. The molecule has 1 N–H and O–H groups in total. The van der Waals surface area contributed by atoms with Crippen molar-refractivity contribution in [3.05, 3.63) is 33.8 Å². The van der Waals surface area contributed by atoms with Gasteiger partial charge in [-0.1, -0.05) is 56.0 Å². The molecule has 19 heavy (non-hydrogen) atoms. The molecular weight excluding hydrogens is 277 g/mol. The monoisotopic (exact) mass is 299 g/mol. The van der Waals surface area contributed by atoms with Gasteiger partial charge in [0.05, 0.1) is 10.0 Å². The van der Waals surface area contributed by atoms with Crippen molar-refractivity contribution in [2.45, 2.75) is 44.9 Å². The van der Waals surface area contributed by atoms with Gasteiger partial charge in [0.25, 0.3) is 0 Å². The smallest absolute Gasteiger partial charge is 0.0595 e. The van der Waals surface area contributed by atoms with Crippen LogP contribution in [0.4, 0.5) is 0 Å². The molecule has 3 heteroatoms. The summed E-state index contributed by atoms with van der Waals surface area (Å²) in [4.78, 5) is 0. The van der Waals surface area contributed by atoms with Crippen molar-refractivity contribution in [2.75, 3.05) is 13.6 Å². The summed E-state index contributed by atoms with van der Waals surface area (Å²) in [5, 5.41) is 4.66. The minimum absolute atomic E-state index is 0.231. The fraction of sp³-hybridized carbons (Fsp3) is 0.625. The van der Waals surface area contributed by atoms with Crippen LogP contribution in [0.5, 0.6) is 0 Å². The molecule has 0 spiro atoms. The molecule has 2 rings (SSSR count). The van der Waals surface area contributed by atoms with Crippen molar-refractivity contribution in [1.82, 2.24) is 5.32 Å². The Morgan fingerprint density at radius 3 is 2.21 bits per heavy atom. The Labute approximate surface area is 126 Å². The predicted octanol–water partition coefficient (Wildman–Crippen LogP) is 5.05. The predicted molar refractivity (Wildman–Crippen MR) is 84.3 cm³/mol. The van der Waals surface area contributed by atoms with Crippen LogP contribution in [0, 0.1) is 5.41 Å². The summed E-state index contributed by atoms with van der Waals surface area (Å²) in [6.07, 6.45) is 5.00. The van der Waals surface area contributed by atoms with Gasteiger partial charge in [0, 0.05) is 12.0 Å². The molecule has 0 saturated heterocycles. The molecule has 0 aliphatic heterocycles. The lowest BCUT2D eigenvalue weighted by Crippen LogP contribution is -2.54. The molecule has 0 radical (unpaired) electrons. The second kappa shape index (κ2) is 5.63. The Bertz CT molecular complexity index is 444. The van der Waals surface area contributed by atoms with Crippen LogP contribution in [-0.4, -0.2) is 13.6 Å². The molecule has 0 atom stereocenters. The van der Waals surface area contributed by atoms with Gasteiger partial charge < -0.3 is 5.32 Å². The van der Waals surface area contributed by atoms with Crippen molar-refractivity contribution in [3.8, 4) is 0 Å². The molecule has 0 amide bonds. The molecule has 1 aromatic rings. The van der Waals surface area contributed by atoms with E-state index in [9.17, 15) is 0 Å². The van der Waals surface area contributed by atoms with E-state index in [0.717, 1.165) is 6.54 Å². The van der Waals surface area contributed by atoms with E-state index in [4.69, 9.17) is 23.2 Å². The second-order valence-electron chi connectivity index (χ2n) is 6.00. The van der Waals surface area contributed by atoms with Crippen molar-refractivity contribution >= 4 is 23.2 Å².